The molecule has 0 spiro atoms. The fraction of sp³-hybridized carbons (Fsp3) is 0.690. The number of carbonyl (C=O) groups is 3. The zero-order chi connectivity index (χ0) is 40.0. The van der Waals surface area contributed by atoms with E-state index in [1.54, 1.807) is 0 Å². The number of phosphoric ester groups is 1. The third-order valence-corrected chi connectivity index (χ3v) is 9.19. The number of esters is 2. The highest BCUT2D eigenvalue weighted by atomic mass is 31.2. The molecule has 0 aromatic rings. The van der Waals surface area contributed by atoms with Crippen molar-refractivity contribution in [3.8, 4) is 0 Å². The number of carboxylic acids is 1. The Labute approximate surface area is 326 Å². The number of ether oxygens (including phenoxy) is 2. The summed E-state index contributed by atoms with van der Waals surface area (Å²) >= 11 is 0. The Morgan fingerprint density at radius 2 is 1.00 bits per heavy atom. The summed E-state index contributed by atoms with van der Waals surface area (Å²) in [4.78, 5) is 45.8. The van der Waals surface area contributed by atoms with Gasteiger partial charge in [-0.1, -0.05) is 126 Å². The summed E-state index contributed by atoms with van der Waals surface area (Å²) in [7, 11) is -4.73. The lowest BCUT2D eigenvalue weighted by Gasteiger charge is -2.20. The molecule has 0 fully saturated rings. The van der Waals surface area contributed by atoms with Crippen LogP contribution in [0.3, 0.4) is 0 Å². The number of hydrogen-bond acceptors (Lipinski definition) is 9. The number of hydrogen-bond donors (Lipinski definition) is 3. The summed E-state index contributed by atoms with van der Waals surface area (Å²) in [5.41, 5.74) is 5.32. The average molecular weight is 782 g/mol. The van der Waals surface area contributed by atoms with Crippen molar-refractivity contribution in [2.45, 2.75) is 167 Å². The lowest BCUT2D eigenvalue weighted by atomic mass is 10.1. The summed E-state index contributed by atoms with van der Waals surface area (Å²) in [6.07, 6.45) is 41.5. The Kier molecular flexibility index (Phi) is 35.2. The van der Waals surface area contributed by atoms with Crippen molar-refractivity contribution in [3.05, 3.63) is 60.8 Å². The highest BCUT2D eigenvalue weighted by Gasteiger charge is 2.28. The normalized spacial score (nSPS) is 14.4. The van der Waals surface area contributed by atoms with Gasteiger partial charge in [0, 0.05) is 12.8 Å². The van der Waals surface area contributed by atoms with E-state index in [9.17, 15) is 23.8 Å². The highest BCUT2D eigenvalue weighted by Crippen LogP contribution is 2.43. The molecule has 0 saturated heterocycles. The number of rotatable bonds is 37. The Bertz CT molecular complexity index is 1150. The van der Waals surface area contributed by atoms with Gasteiger partial charge in [0.05, 0.1) is 13.2 Å². The molecule has 0 aromatic heterocycles. The number of allylic oxidation sites excluding steroid dienone is 10. The number of carbonyl (C=O) groups excluding carboxylic acids is 2. The monoisotopic (exact) mass is 781 g/mol. The summed E-state index contributed by atoms with van der Waals surface area (Å²) in [6, 6.07) is -1.53. The largest absolute Gasteiger partial charge is 0.480 e. The van der Waals surface area contributed by atoms with E-state index in [-0.39, 0.29) is 19.4 Å². The number of carboxylic acid groups (broad SMARTS) is 1. The Morgan fingerprint density at radius 1 is 0.574 bits per heavy atom. The van der Waals surface area contributed by atoms with Gasteiger partial charge in [0.25, 0.3) is 0 Å². The number of phosphoric acid groups is 1. The fourth-order valence-electron chi connectivity index (χ4n) is 4.99. The second-order valence-electron chi connectivity index (χ2n) is 13.4. The molecule has 4 N–H and O–H groups in total. The molecule has 0 rings (SSSR count). The molecule has 3 atom stereocenters. The Balaban J connectivity index is 4.53. The van der Waals surface area contributed by atoms with E-state index in [0.717, 1.165) is 51.4 Å². The lowest BCUT2D eigenvalue weighted by molar-refractivity contribution is -0.161. The van der Waals surface area contributed by atoms with Gasteiger partial charge in [-0.05, 0) is 77.0 Å². The van der Waals surface area contributed by atoms with Crippen LogP contribution < -0.4 is 5.73 Å². The Hall–Kier alpha value is -2.82. The zero-order valence-electron chi connectivity index (χ0n) is 33.3. The van der Waals surface area contributed by atoms with Crippen molar-refractivity contribution >= 4 is 25.7 Å². The third-order valence-electron chi connectivity index (χ3n) is 8.24. The van der Waals surface area contributed by atoms with E-state index in [0.29, 0.717) is 19.3 Å². The molecule has 0 aliphatic heterocycles. The molecule has 12 heteroatoms. The molecule has 0 radical (unpaired) electrons. The van der Waals surface area contributed by atoms with Gasteiger partial charge in [0.2, 0.25) is 0 Å². The van der Waals surface area contributed by atoms with Gasteiger partial charge in [0.1, 0.15) is 12.6 Å². The molecule has 0 aliphatic rings. The van der Waals surface area contributed by atoms with Gasteiger partial charge in [-0.3, -0.25) is 23.4 Å². The molecule has 0 aliphatic carbocycles. The molecule has 0 saturated carbocycles. The van der Waals surface area contributed by atoms with E-state index in [4.69, 9.17) is 24.8 Å². The Morgan fingerprint density at radius 3 is 1.57 bits per heavy atom. The van der Waals surface area contributed by atoms with Gasteiger partial charge < -0.3 is 25.2 Å². The molecular formula is C42H72NO10P. The predicted octanol–water partition coefficient (Wildman–Crippen LogP) is 10.4. The summed E-state index contributed by atoms with van der Waals surface area (Å²) in [5, 5.41) is 8.87. The first kappa shape index (κ1) is 51.2. The van der Waals surface area contributed by atoms with Crippen LogP contribution in [0.4, 0.5) is 0 Å². The number of unbranched alkanes of at least 4 members (excludes halogenated alkanes) is 13. The van der Waals surface area contributed by atoms with Crippen LogP contribution in [0.2, 0.25) is 0 Å². The van der Waals surface area contributed by atoms with Crippen molar-refractivity contribution in [2.75, 3.05) is 19.8 Å². The minimum Gasteiger partial charge on any atom is -0.480 e. The molecule has 0 bridgehead atoms. The first-order chi connectivity index (χ1) is 26.1. The quantitative estimate of drug-likeness (QED) is 0.0237. The maximum Gasteiger partial charge on any atom is 0.472 e. The first-order valence-corrected chi connectivity index (χ1v) is 21.8. The standard InChI is InChI=1S/C42H72NO10P/c1-3-5-7-9-11-13-15-17-18-19-20-22-23-25-27-29-31-33-40(44)50-35-38(36-51-54(48,49)52-37-39(43)42(46)47)53-41(45)34-32-30-28-26-24-21-16-14-12-10-8-6-4-2/h11,13,17-18,20-22,24-25,27,38-39H,3-10,12,14-16,19,23,26,28-37,43H2,1-2H3,(H,46,47)(H,48,49)/b13-11+,18-17+,22-20+,24-21+,27-25+/t38-,39+/m1/s1. The van der Waals surface area contributed by atoms with E-state index >= 15 is 0 Å². The minimum absolute atomic E-state index is 0.127. The van der Waals surface area contributed by atoms with E-state index in [1.165, 1.54) is 57.8 Å². The maximum atomic E-state index is 12.6. The fourth-order valence-corrected chi connectivity index (χ4v) is 5.77. The van der Waals surface area contributed by atoms with Crippen molar-refractivity contribution in [1.82, 2.24) is 0 Å². The molecule has 54 heavy (non-hydrogen) atoms. The second kappa shape index (κ2) is 37.1. The molecule has 0 amide bonds. The topological polar surface area (TPSA) is 172 Å². The molecule has 1 unspecified atom stereocenters. The first-order valence-electron chi connectivity index (χ1n) is 20.3. The third kappa shape index (κ3) is 36.2. The molecule has 0 heterocycles. The van der Waals surface area contributed by atoms with Crippen molar-refractivity contribution in [3.63, 3.8) is 0 Å². The van der Waals surface area contributed by atoms with Crippen LogP contribution in [-0.4, -0.2) is 59.9 Å². The maximum absolute atomic E-state index is 12.6. The van der Waals surface area contributed by atoms with Crippen LogP contribution in [0.25, 0.3) is 0 Å². The number of aliphatic carboxylic acids is 1. The summed E-state index contributed by atoms with van der Waals surface area (Å²) in [5.74, 6) is -2.48. The SMILES string of the molecule is CCCCC/C=C/C/C=C/C/C=C/C/C=C/CCCC(=O)OC[C@H](COP(=O)(O)OC[C@H](N)C(=O)O)OC(=O)CCCCC/C=C/CCCCCCCC. The average Bonchev–Trinajstić information content (AvgIpc) is 3.14. The van der Waals surface area contributed by atoms with Crippen LogP contribution in [0.15, 0.2) is 60.8 Å². The molecule has 0 aromatic carbocycles. The second-order valence-corrected chi connectivity index (χ2v) is 14.9. The van der Waals surface area contributed by atoms with Gasteiger partial charge in [-0.2, -0.15) is 0 Å². The van der Waals surface area contributed by atoms with Crippen molar-refractivity contribution < 1.29 is 47.5 Å². The van der Waals surface area contributed by atoms with Crippen molar-refractivity contribution in [1.29, 1.82) is 0 Å². The molecule has 310 valence electrons. The van der Waals surface area contributed by atoms with Gasteiger partial charge >= 0.3 is 25.7 Å². The lowest BCUT2D eigenvalue weighted by Crippen LogP contribution is -2.34. The summed E-state index contributed by atoms with van der Waals surface area (Å²) in [6.45, 7) is 2.67. The van der Waals surface area contributed by atoms with Crippen LogP contribution >= 0.6 is 7.82 Å². The van der Waals surface area contributed by atoms with Crippen LogP contribution in [-0.2, 0) is 37.5 Å². The minimum atomic E-state index is -4.73. The van der Waals surface area contributed by atoms with Gasteiger partial charge in [-0.15, -0.1) is 0 Å². The number of nitrogens with two attached hydrogens (primary N) is 1. The zero-order valence-corrected chi connectivity index (χ0v) is 34.2. The van der Waals surface area contributed by atoms with E-state index in [1.807, 2.05) is 12.2 Å². The van der Waals surface area contributed by atoms with Crippen LogP contribution in [0.1, 0.15) is 155 Å². The van der Waals surface area contributed by atoms with Crippen LogP contribution in [0, 0.1) is 0 Å². The van der Waals surface area contributed by atoms with E-state index < -0.39 is 51.1 Å². The van der Waals surface area contributed by atoms with Crippen LogP contribution in [0.5, 0.6) is 0 Å². The molecular weight excluding hydrogens is 709 g/mol. The predicted molar refractivity (Wildman–Crippen MR) is 217 cm³/mol. The summed E-state index contributed by atoms with van der Waals surface area (Å²) < 4.78 is 32.5. The molecule has 11 nitrogen and oxygen atoms in total. The van der Waals surface area contributed by atoms with E-state index in [2.05, 4.69) is 67.0 Å². The van der Waals surface area contributed by atoms with Gasteiger partial charge in [-0.25, -0.2) is 4.57 Å². The van der Waals surface area contributed by atoms with Crippen molar-refractivity contribution in [2.24, 2.45) is 5.73 Å². The highest BCUT2D eigenvalue weighted by molar-refractivity contribution is 7.47. The van der Waals surface area contributed by atoms with Gasteiger partial charge in [0.15, 0.2) is 6.10 Å². The smallest absolute Gasteiger partial charge is 0.472 e.